The van der Waals surface area contributed by atoms with E-state index in [1.54, 1.807) is 0 Å². The Morgan fingerprint density at radius 3 is 2.60 bits per heavy atom. The van der Waals surface area contributed by atoms with Gasteiger partial charge in [-0.15, -0.1) is 0 Å². The lowest BCUT2D eigenvalue weighted by atomic mass is 10.2. The summed E-state index contributed by atoms with van der Waals surface area (Å²) in [6, 6.07) is 15.2. The van der Waals surface area contributed by atoms with Gasteiger partial charge in [0.25, 0.3) is 0 Å². The molecule has 0 spiro atoms. The summed E-state index contributed by atoms with van der Waals surface area (Å²) in [7, 11) is 0. The van der Waals surface area contributed by atoms with E-state index in [-0.39, 0.29) is 5.96 Å². The van der Waals surface area contributed by atoms with Crippen molar-refractivity contribution < 1.29 is 4.74 Å². The first-order valence-electron chi connectivity index (χ1n) is 6.17. The van der Waals surface area contributed by atoms with E-state index in [1.165, 1.54) is 0 Å². The predicted molar refractivity (Wildman–Crippen MR) is 81.0 cm³/mol. The maximum Gasteiger partial charge on any atom is 0.185 e. The van der Waals surface area contributed by atoms with Crippen molar-refractivity contribution in [2.24, 2.45) is 5.73 Å². The van der Waals surface area contributed by atoms with Crippen molar-refractivity contribution >= 4 is 17.6 Å². The van der Waals surface area contributed by atoms with Gasteiger partial charge in [-0.1, -0.05) is 35.9 Å². The lowest BCUT2D eigenvalue weighted by Crippen LogP contribution is -2.29. The molecule has 104 valence electrons. The van der Waals surface area contributed by atoms with Crippen molar-refractivity contribution in [3.63, 3.8) is 0 Å². The fraction of sp³-hybridized carbons (Fsp3) is 0.133. The molecule has 0 aliphatic heterocycles. The van der Waals surface area contributed by atoms with Gasteiger partial charge in [0, 0.05) is 11.6 Å². The van der Waals surface area contributed by atoms with Gasteiger partial charge >= 0.3 is 0 Å². The third-order valence-electron chi connectivity index (χ3n) is 2.70. The van der Waals surface area contributed by atoms with Crippen LogP contribution < -0.4 is 15.8 Å². The molecule has 0 atom stereocenters. The maximum absolute atomic E-state index is 7.13. The Balaban J connectivity index is 1.94. The molecule has 4 N–H and O–H groups in total. The number of nitrogens with one attached hydrogen (secondary N) is 2. The average molecular weight is 290 g/mol. The predicted octanol–water partition coefficient (Wildman–Crippen LogP) is 2.90. The van der Waals surface area contributed by atoms with Crippen LogP contribution in [-0.2, 0) is 13.2 Å². The summed E-state index contributed by atoms with van der Waals surface area (Å²) in [4.78, 5) is 0. The van der Waals surface area contributed by atoms with E-state index in [2.05, 4.69) is 5.32 Å². The molecule has 0 saturated heterocycles. The fourth-order valence-corrected chi connectivity index (χ4v) is 1.82. The molecule has 0 saturated carbocycles. The molecule has 20 heavy (non-hydrogen) atoms. The van der Waals surface area contributed by atoms with Crippen LogP contribution >= 0.6 is 11.6 Å². The summed E-state index contributed by atoms with van der Waals surface area (Å²) in [6.07, 6.45) is 0. The summed E-state index contributed by atoms with van der Waals surface area (Å²) >= 11 is 5.83. The van der Waals surface area contributed by atoms with Crippen LogP contribution in [0.4, 0.5) is 0 Å². The molecule has 2 rings (SSSR count). The molecule has 0 bridgehead atoms. The van der Waals surface area contributed by atoms with Gasteiger partial charge in [-0.3, -0.25) is 5.41 Å². The van der Waals surface area contributed by atoms with Crippen molar-refractivity contribution in [1.29, 1.82) is 5.41 Å². The molecule has 4 nitrogen and oxygen atoms in total. The second kappa shape index (κ2) is 6.82. The minimum absolute atomic E-state index is 0.0440. The zero-order chi connectivity index (χ0) is 14.4. The Morgan fingerprint density at radius 1 is 1.15 bits per heavy atom. The van der Waals surface area contributed by atoms with E-state index >= 15 is 0 Å². The number of benzene rings is 2. The first-order valence-corrected chi connectivity index (χ1v) is 6.55. The van der Waals surface area contributed by atoms with E-state index in [0.29, 0.717) is 18.2 Å². The lowest BCUT2D eigenvalue weighted by molar-refractivity contribution is 0.306. The third kappa shape index (κ3) is 4.48. The number of halogens is 1. The number of nitrogens with two attached hydrogens (primary N) is 1. The van der Waals surface area contributed by atoms with Crippen LogP contribution in [-0.4, -0.2) is 5.96 Å². The highest BCUT2D eigenvalue weighted by Gasteiger charge is 1.99. The number of hydrogen-bond donors (Lipinski definition) is 3. The van der Waals surface area contributed by atoms with Gasteiger partial charge in [-0.05, 0) is 35.4 Å². The first kappa shape index (κ1) is 14.2. The van der Waals surface area contributed by atoms with Crippen molar-refractivity contribution in [1.82, 2.24) is 5.32 Å². The van der Waals surface area contributed by atoms with Gasteiger partial charge in [0.05, 0.1) is 0 Å². The van der Waals surface area contributed by atoms with Gasteiger partial charge in [0.1, 0.15) is 12.4 Å². The Hall–Kier alpha value is -2.20. The molecule has 2 aromatic rings. The molecule has 0 aliphatic carbocycles. The zero-order valence-electron chi connectivity index (χ0n) is 10.9. The average Bonchev–Trinajstić information content (AvgIpc) is 2.45. The molecule has 0 radical (unpaired) electrons. The molecule has 0 heterocycles. The molecule has 0 unspecified atom stereocenters. The molecular formula is C15H16ClN3O. The van der Waals surface area contributed by atoms with Crippen molar-refractivity contribution in [2.75, 3.05) is 0 Å². The highest BCUT2D eigenvalue weighted by molar-refractivity contribution is 6.30. The number of ether oxygens (including phenoxy) is 1. The van der Waals surface area contributed by atoms with Crippen LogP contribution in [0.25, 0.3) is 0 Å². The van der Waals surface area contributed by atoms with Crippen LogP contribution in [0.2, 0.25) is 5.02 Å². The van der Waals surface area contributed by atoms with Crippen molar-refractivity contribution in [3.8, 4) is 5.75 Å². The van der Waals surface area contributed by atoms with Gasteiger partial charge in [-0.2, -0.15) is 0 Å². The summed E-state index contributed by atoms with van der Waals surface area (Å²) in [5.74, 6) is 0.736. The molecule has 0 aromatic heterocycles. The number of guanidine groups is 1. The molecular weight excluding hydrogens is 274 g/mol. The Kier molecular flexibility index (Phi) is 4.85. The SMILES string of the molecule is N=C(N)NCc1cccc(OCc2ccc(Cl)cc2)c1. The van der Waals surface area contributed by atoms with Gasteiger partial charge in [0.15, 0.2) is 5.96 Å². The minimum atomic E-state index is -0.0440. The van der Waals surface area contributed by atoms with E-state index in [1.807, 2.05) is 48.5 Å². The van der Waals surface area contributed by atoms with E-state index in [4.69, 9.17) is 27.5 Å². The van der Waals surface area contributed by atoms with Crippen LogP contribution in [0, 0.1) is 5.41 Å². The molecule has 5 heteroatoms. The van der Waals surface area contributed by atoms with Crippen LogP contribution in [0.5, 0.6) is 5.75 Å². The molecule has 0 amide bonds. The lowest BCUT2D eigenvalue weighted by Gasteiger charge is -2.09. The molecule has 0 aliphatic rings. The second-order valence-corrected chi connectivity index (χ2v) is 4.77. The summed E-state index contributed by atoms with van der Waals surface area (Å²) in [5.41, 5.74) is 7.32. The minimum Gasteiger partial charge on any atom is -0.489 e. The maximum atomic E-state index is 7.13. The largest absolute Gasteiger partial charge is 0.489 e. The van der Waals surface area contributed by atoms with Gasteiger partial charge in [0.2, 0.25) is 0 Å². The zero-order valence-corrected chi connectivity index (χ0v) is 11.7. The Labute approximate surface area is 123 Å². The van der Waals surface area contributed by atoms with Gasteiger partial charge < -0.3 is 15.8 Å². The summed E-state index contributed by atoms with van der Waals surface area (Å²) in [5, 5.41) is 10.6. The van der Waals surface area contributed by atoms with E-state index in [0.717, 1.165) is 16.9 Å². The monoisotopic (exact) mass is 289 g/mol. The Morgan fingerprint density at radius 2 is 1.90 bits per heavy atom. The van der Waals surface area contributed by atoms with Gasteiger partial charge in [-0.25, -0.2) is 0 Å². The normalized spacial score (nSPS) is 10.1. The third-order valence-corrected chi connectivity index (χ3v) is 2.95. The summed E-state index contributed by atoms with van der Waals surface area (Å²) in [6.45, 7) is 0.994. The highest BCUT2D eigenvalue weighted by Crippen LogP contribution is 2.16. The second-order valence-electron chi connectivity index (χ2n) is 4.33. The van der Waals surface area contributed by atoms with Crippen LogP contribution in [0.15, 0.2) is 48.5 Å². The standard InChI is InChI=1S/C15H16ClN3O/c16-13-6-4-11(5-7-13)10-20-14-3-1-2-12(8-14)9-19-15(17)18/h1-8H,9-10H2,(H4,17,18,19). The number of hydrogen-bond acceptors (Lipinski definition) is 2. The highest BCUT2D eigenvalue weighted by atomic mass is 35.5. The summed E-state index contributed by atoms with van der Waals surface area (Å²) < 4.78 is 5.72. The quantitative estimate of drug-likeness (QED) is 0.585. The Bertz CT molecular complexity index is 584. The van der Waals surface area contributed by atoms with Crippen molar-refractivity contribution in [2.45, 2.75) is 13.2 Å². The number of rotatable bonds is 5. The molecule has 0 fully saturated rings. The van der Waals surface area contributed by atoms with Crippen molar-refractivity contribution in [3.05, 3.63) is 64.7 Å². The first-order chi connectivity index (χ1) is 9.63. The molecule has 2 aromatic carbocycles. The smallest absolute Gasteiger partial charge is 0.185 e. The fourth-order valence-electron chi connectivity index (χ4n) is 1.69. The van der Waals surface area contributed by atoms with Crippen LogP contribution in [0.3, 0.4) is 0 Å². The van der Waals surface area contributed by atoms with E-state index < -0.39 is 0 Å². The topological polar surface area (TPSA) is 71.1 Å². The van der Waals surface area contributed by atoms with E-state index in [9.17, 15) is 0 Å². The van der Waals surface area contributed by atoms with Crippen LogP contribution in [0.1, 0.15) is 11.1 Å².